The van der Waals surface area contributed by atoms with Crippen LogP contribution in [0, 0.1) is 6.92 Å². The van der Waals surface area contributed by atoms with Crippen LogP contribution >= 0.6 is 0 Å². The molecule has 1 N–H and O–H groups in total. The lowest BCUT2D eigenvalue weighted by Crippen LogP contribution is -2.53. The molecule has 7 heteroatoms. The Kier molecular flexibility index (Phi) is 5.08. The van der Waals surface area contributed by atoms with E-state index in [9.17, 15) is 4.79 Å². The first-order chi connectivity index (χ1) is 9.56. The molecule has 0 aliphatic carbocycles. The number of nitrogens with zero attached hydrogens (tertiary/aromatic N) is 4. The van der Waals surface area contributed by atoms with Crippen molar-refractivity contribution < 1.29 is 9.32 Å². The highest BCUT2D eigenvalue weighted by atomic mass is 16.5. The van der Waals surface area contributed by atoms with E-state index < -0.39 is 0 Å². The minimum absolute atomic E-state index is 0.0646. The van der Waals surface area contributed by atoms with Gasteiger partial charge in [0.1, 0.15) is 0 Å². The number of aromatic nitrogens is 2. The highest BCUT2D eigenvalue weighted by Gasteiger charge is 2.23. The molecule has 1 aliphatic heterocycles. The average Bonchev–Trinajstić information content (AvgIpc) is 2.84. The van der Waals surface area contributed by atoms with Gasteiger partial charge in [-0.25, -0.2) is 0 Å². The van der Waals surface area contributed by atoms with Gasteiger partial charge in [0.05, 0.1) is 6.04 Å². The Morgan fingerprint density at radius 1 is 1.40 bits per heavy atom. The maximum absolute atomic E-state index is 12.1. The molecule has 1 fully saturated rings. The molecule has 1 amide bonds. The standard InChI is InChI=1S/C13H23N5O2/c1-10(18-8-6-17(3)7-9-18)13(19)14-5-4-12-15-11(2)20-16-12/h10H,4-9H2,1-3H3,(H,14,19)/t10-/m1/s1. The minimum Gasteiger partial charge on any atom is -0.354 e. The molecule has 0 saturated carbocycles. The van der Waals surface area contributed by atoms with Crippen molar-refractivity contribution >= 4 is 5.91 Å². The summed E-state index contributed by atoms with van der Waals surface area (Å²) < 4.78 is 4.89. The summed E-state index contributed by atoms with van der Waals surface area (Å²) >= 11 is 0. The molecule has 1 aromatic rings. The third-order valence-electron chi connectivity index (χ3n) is 3.68. The fourth-order valence-electron chi connectivity index (χ4n) is 2.26. The predicted octanol–water partition coefficient (Wildman–Crippen LogP) is -0.327. The second-order valence-electron chi connectivity index (χ2n) is 5.29. The summed E-state index contributed by atoms with van der Waals surface area (Å²) in [6, 6.07) is -0.0873. The van der Waals surface area contributed by atoms with Gasteiger partial charge >= 0.3 is 0 Å². The summed E-state index contributed by atoms with van der Waals surface area (Å²) in [5.74, 6) is 1.25. The van der Waals surface area contributed by atoms with Crippen molar-refractivity contribution in [1.29, 1.82) is 0 Å². The van der Waals surface area contributed by atoms with E-state index in [4.69, 9.17) is 4.52 Å². The summed E-state index contributed by atoms with van der Waals surface area (Å²) in [6.07, 6.45) is 0.596. The molecule has 20 heavy (non-hydrogen) atoms. The normalized spacial score (nSPS) is 18.9. The number of likely N-dealkylation sites (N-methyl/N-ethyl adjacent to an activating group) is 1. The molecule has 0 radical (unpaired) electrons. The first kappa shape index (κ1) is 14.9. The van der Waals surface area contributed by atoms with Gasteiger partial charge in [0, 0.05) is 46.1 Å². The third-order valence-corrected chi connectivity index (χ3v) is 3.68. The zero-order valence-corrected chi connectivity index (χ0v) is 12.4. The highest BCUT2D eigenvalue weighted by molar-refractivity contribution is 5.81. The Morgan fingerprint density at radius 3 is 2.70 bits per heavy atom. The topological polar surface area (TPSA) is 74.5 Å². The summed E-state index contributed by atoms with van der Waals surface area (Å²) in [5.41, 5.74) is 0. The van der Waals surface area contributed by atoms with E-state index in [1.165, 1.54) is 0 Å². The summed E-state index contributed by atoms with van der Waals surface area (Å²) in [6.45, 7) is 8.16. The quantitative estimate of drug-likeness (QED) is 0.797. The van der Waals surface area contributed by atoms with Crippen LogP contribution in [0.2, 0.25) is 0 Å². The van der Waals surface area contributed by atoms with E-state index in [-0.39, 0.29) is 11.9 Å². The molecule has 0 aromatic carbocycles. The van der Waals surface area contributed by atoms with E-state index in [2.05, 4.69) is 32.3 Å². The summed E-state index contributed by atoms with van der Waals surface area (Å²) in [7, 11) is 2.11. The van der Waals surface area contributed by atoms with Gasteiger partial charge in [-0.05, 0) is 14.0 Å². The number of piperazine rings is 1. The summed E-state index contributed by atoms with van der Waals surface area (Å²) in [4.78, 5) is 20.7. The molecule has 2 rings (SSSR count). The number of carbonyl (C=O) groups is 1. The van der Waals surface area contributed by atoms with Crippen molar-refractivity contribution in [1.82, 2.24) is 25.3 Å². The fraction of sp³-hybridized carbons (Fsp3) is 0.769. The number of rotatable bonds is 5. The number of nitrogens with one attached hydrogen (secondary N) is 1. The van der Waals surface area contributed by atoms with Gasteiger partial charge < -0.3 is 14.7 Å². The van der Waals surface area contributed by atoms with Gasteiger partial charge in [-0.15, -0.1) is 0 Å². The molecule has 2 heterocycles. The van der Waals surface area contributed by atoms with E-state index in [0.29, 0.717) is 24.7 Å². The van der Waals surface area contributed by atoms with E-state index in [1.807, 2.05) is 6.92 Å². The average molecular weight is 281 g/mol. The van der Waals surface area contributed by atoms with Gasteiger partial charge in [0.25, 0.3) is 0 Å². The Balaban J connectivity index is 1.71. The van der Waals surface area contributed by atoms with Gasteiger partial charge in [0.15, 0.2) is 5.82 Å². The number of hydrogen-bond acceptors (Lipinski definition) is 6. The molecule has 0 spiro atoms. The van der Waals surface area contributed by atoms with Crippen LogP contribution in [0.25, 0.3) is 0 Å². The number of carbonyl (C=O) groups excluding carboxylic acids is 1. The van der Waals surface area contributed by atoms with Crippen LogP contribution in [-0.4, -0.2) is 71.7 Å². The monoisotopic (exact) mass is 281 g/mol. The van der Waals surface area contributed by atoms with Crippen LogP contribution < -0.4 is 5.32 Å². The van der Waals surface area contributed by atoms with Crippen LogP contribution in [0.1, 0.15) is 18.6 Å². The van der Waals surface area contributed by atoms with Gasteiger partial charge in [-0.2, -0.15) is 4.98 Å². The van der Waals surface area contributed by atoms with Gasteiger partial charge in [0.2, 0.25) is 11.8 Å². The molecule has 0 unspecified atom stereocenters. The molecular weight excluding hydrogens is 258 g/mol. The largest absolute Gasteiger partial charge is 0.354 e. The second kappa shape index (κ2) is 6.81. The Bertz CT molecular complexity index is 440. The molecule has 1 saturated heterocycles. The van der Waals surface area contributed by atoms with Crippen molar-refractivity contribution in [3.05, 3.63) is 11.7 Å². The zero-order chi connectivity index (χ0) is 14.5. The molecule has 1 aliphatic rings. The van der Waals surface area contributed by atoms with Crippen LogP contribution in [0.5, 0.6) is 0 Å². The smallest absolute Gasteiger partial charge is 0.237 e. The minimum atomic E-state index is -0.0873. The molecule has 1 atom stereocenters. The van der Waals surface area contributed by atoms with Crippen LogP contribution in [0.3, 0.4) is 0 Å². The zero-order valence-electron chi connectivity index (χ0n) is 12.4. The SMILES string of the molecule is Cc1nc(CCNC(=O)[C@@H](C)N2CCN(C)CC2)no1. The lowest BCUT2D eigenvalue weighted by atomic mass is 10.2. The van der Waals surface area contributed by atoms with E-state index >= 15 is 0 Å². The second-order valence-corrected chi connectivity index (χ2v) is 5.29. The molecule has 0 bridgehead atoms. The van der Waals surface area contributed by atoms with E-state index in [0.717, 1.165) is 26.2 Å². The number of amides is 1. The Hall–Kier alpha value is -1.47. The lowest BCUT2D eigenvalue weighted by Gasteiger charge is -2.35. The number of aryl methyl sites for hydroxylation is 1. The molecular formula is C13H23N5O2. The predicted molar refractivity (Wildman–Crippen MR) is 74.3 cm³/mol. The first-order valence-electron chi connectivity index (χ1n) is 7.06. The molecule has 112 valence electrons. The maximum atomic E-state index is 12.1. The van der Waals surface area contributed by atoms with Crippen LogP contribution in [0.4, 0.5) is 0 Å². The Morgan fingerprint density at radius 2 is 2.10 bits per heavy atom. The van der Waals surface area contributed by atoms with Crippen LogP contribution in [0.15, 0.2) is 4.52 Å². The van der Waals surface area contributed by atoms with Crippen molar-refractivity contribution in [2.45, 2.75) is 26.3 Å². The van der Waals surface area contributed by atoms with Crippen molar-refractivity contribution in [3.63, 3.8) is 0 Å². The van der Waals surface area contributed by atoms with Gasteiger partial charge in [-0.1, -0.05) is 5.16 Å². The molecule has 1 aromatic heterocycles. The fourth-order valence-corrected chi connectivity index (χ4v) is 2.26. The highest BCUT2D eigenvalue weighted by Crippen LogP contribution is 2.05. The first-order valence-corrected chi connectivity index (χ1v) is 7.06. The Labute approximate surface area is 119 Å². The lowest BCUT2D eigenvalue weighted by molar-refractivity contribution is -0.126. The maximum Gasteiger partial charge on any atom is 0.237 e. The van der Waals surface area contributed by atoms with E-state index in [1.54, 1.807) is 6.92 Å². The van der Waals surface area contributed by atoms with Gasteiger partial charge in [-0.3, -0.25) is 9.69 Å². The van der Waals surface area contributed by atoms with Crippen molar-refractivity contribution in [2.24, 2.45) is 0 Å². The summed E-state index contributed by atoms with van der Waals surface area (Å²) in [5, 5.41) is 6.74. The van der Waals surface area contributed by atoms with Crippen molar-refractivity contribution in [3.8, 4) is 0 Å². The molecule has 7 nitrogen and oxygen atoms in total. The van der Waals surface area contributed by atoms with Crippen LogP contribution in [-0.2, 0) is 11.2 Å². The number of hydrogen-bond donors (Lipinski definition) is 1. The third kappa shape index (κ3) is 4.01. The van der Waals surface area contributed by atoms with Crippen molar-refractivity contribution in [2.75, 3.05) is 39.8 Å².